The van der Waals surface area contributed by atoms with Crippen LogP contribution in [0.25, 0.3) is 0 Å². The smallest absolute Gasteiger partial charge is 0.247 e. The molecule has 0 aromatic carbocycles. The van der Waals surface area contributed by atoms with Gasteiger partial charge in [0.1, 0.15) is 0 Å². The van der Waals surface area contributed by atoms with Gasteiger partial charge in [-0.3, -0.25) is 19.3 Å². The number of nitrogens with two attached hydrogens (primary N) is 1. The van der Waals surface area contributed by atoms with Gasteiger partial charge in [-0.15, -0.1) is 0 Å². The van der Waals surface area contributed by atoms with Crippen LogP contribution in [0.4, 0.5) is 0 Å². The molecule has 1 aliphatic heterocycles. The number of primary amides is 1. The number of rotatable bonds is 5. The summed E-state index contributed by atoms with van der Waals surface area (Å²) in [5.41, 5.74) is 4.59. The highest BCUT2D eigenvalue weighted by Gasteiger charge is 2.43. The van der Waals surface area contributed by atoms with E-state index in [2.05, 4.69) is 5.32 Å². The van der Waals surface area contributed by atoms with Crippen molar-refractivity contribution >= 4 is 17.7 Å². The van der Waals surface area contributed by atoms with E-state index in [0.717, 1.165) is 25.7 Å². The molecule has 0 radical (unpaired) electrons. The van der Waals surface area contributed by atoms with Crippen molar-refractivity contribution in [3.63, 3.8) is 0 Å². The van der Waals surface area contributed by atoms with E-state index in [1.165, 1.54) is 11.3 Å². The highest BCUT2D eigenvalue weighted by atomic mass is 16.2. The van der Waals surface area contributed by atoms with Gasteiger partial charge in [-0.25, -0.2) is 0 Å². The lowest BCUT2D eigenvalue weighted by Gasteiger charge is -2.30. The Morgan fingerprint density at radius 2 is 1.90 bits per heavy atom. The molecule has 0 aromatic rings. The molecular weight excluding hydrogens is 270 g/mol. The number of imide groups is 1. The van der Waals surface area contributed by atoms with Gasteiger partial charge in [-0.1, -0.05) is 19.3 Å². The van der Waals surface area contributed by atoms with Gasteiger partial charge in [0.25, 0.3) is 0 Å². The Balaban J connectivity index is 1.96. The minimum absolute atomic E-state index is 0.0645. The Morgan fingerprint density at radius 3 is 2.48 bits per heavy atom. The van der Waals surface area contributed by atoms with E-state index in [1.54, 1.807) is 13.8 Å². The highest BCUT2D eigenvalue weighted by Crippen LogP contribution is 2.27. The van der Waals surface area contributed by atoms with E-state index < -0.39 is 17.4 Å². The average molecular weight is 295 g/mol. The van der Waals surface area contributed by atoms with Crippen LogP contribution in [-0.4, -0.2) is 41.2 Å². The maximum Gasteiger partial charge on any atom is 0.247 e. The summed E-state index contributed by atoms with van der Waals surface area (Å²) in [6.07, 6.45) is 5.35. The zero-order chi connectivity index (χ0) is 15.6. The van der Waals surface area contributed by atoms with Gasteiger partial charge in [0.2, 0.25) is 17.7 Å². The van der Waals surface area contributed by atoms with Gasteiger partial charge in [-0.05, 0) is 26.7 Å². The van der Waals surface area contributed by atoms with Crippen molar-refractivity contribution in [1.29, 1.82) is 0 Å². The molecule has 1 saturated heterocycles. The normalized spacial score (nSPS) is 24.7. The minimum Gasteiger partial charge on any atom is -0.369 e. The molecule has 3 N–H and O–H groups in total. The molecule has 1 unspecified atom stereocenters. The van der Waals surface area contributed by atoms with Gasteiger partial charge in [0.15, 0.2) is 0 Å². The summed E-state index contributed by atoms with van der Waals surface area (Å²) in [6, 6.07) is -0.451. The Labute approximate surface area is 125 Å². The van der Waals surface area contributed by atoms with Crippen LogP contribution in [0, 0.1) is 5.41 Å². The van der Waals surface area contributed by atoms with E-state index >= 15 is 0 Å². The summed E-state index contributed by atoms with van der Waals surface area (Å²) in [5, 5.41) is 3.04. The third kappa shape index (κ3) is 3.43. The van der Waals surface area contributed by atoms with Crippen LogP contribution in [0.1, 0.15) is 52.4 Å². The second-order valence-corrected chi connectivity index (χ2v) is 6.78. The maximum atomic E-state index is 12.4. The fraction of sp³-hybridized carbons (Fsp3) is 0.800. The van der Waals surface area contributed by atoms with Crippen LogP contribution in [0.2, 0.25) is 0 Å². The second kappa shape index (κ2) is 6.13. The Morgan fingerprint density at radius 1 is 1.29 bits per heavy atom. The first kappa shape index (κ1) is 15.9. The zero-order valence-electron chi connectivity index (χ0n) is 12.9. The van der Waals surface area contributed by atoms with Gasteiger partial charge in [0, 0.05) is 12.6 Å². The van der Waals surface area contributed by atoms with Crippen molar-refractivity contribution in [2.45, 2.75) is 64.5 Å². The molecule has 0 aromatic heterocycles. The molecule has 1 atom stereocenters. The molecule has 1 saturated carbocycles. The van der Waals surface area contributed by atoms with Crippen LogP contribution in [0.15, 0.2) is 0 Å². The molecule has 0 spiro atoms. The van der Waals surface area contributed by atoms with Crippen LogP contribution in [0.3, 0.4) is 0 Å². The monoisotopic (exact) mass is 295 g/mol. The molecule has 2 aliphatic rings. The van der Waals surface area contributed by atoms with Crippen LogP contribution in [-0.2, 0) is 14.4 Å². The number of carbonyl (C=O) groups is 3. The van der Waals surface area contributed by atoms with Crippen LogP contribution < -0.4 is 11.1 Å². The van der Waals surface area contributed by atoms with Gasteiger partial charge >= 0.3 is 0 Å². The number of nitrogens with one attached hydrogen (secondary N) is 1. The summed E-state index contributed by atoms with van der Waals surface area (Å²) in [7, 11) is 0. The summed E-state index contributed by atoms with van der Waals surface area (Å²) < 4.78 is 0. The van der Waals surface area contributed by atoms with Crippen molar-refractivity contribution in [2.75, 3.05) is 6.54 Å². The van der Waals surface area contributed by atoms with E-state index in [0.29, 0.717) is 6.54 Å². The predicted molar refractivity (Wildman–Crippen MR) is 78.1 cm³/mol. The Hall–Kier alpha value is -1.43. The molecular formula is C15H25N3O3. The van der Waals surface area contributed by atoms with E-state index in [-0.39, 0.29) is 24.3 Å². The fourth-order valence-electron chi connectivity index (χ4n) is 3.00. The third-order valence-corrected chi connectivity index (χ3v) is 4.58. The minimum atomic E-state index is -0.735. The molecule has 1 heterocycles. The number of hydrogen-bond acceptors (Lipinski definition) is 4. The van der Waals surface area contributed by atoms with Crippen molar-refractivity contribution in [3.05, 3.63) is 0 Å². The summed E-state index contributed by atoms with van der Waals surface area (Å²) in [6.45, 7) is 3.75. The zero-order valence-corrected chi connectivity index (χ0v) is 12.9. The lowest BCUT2D eigenvalue weighted by molar-refractivity contribution is -0.142. The largest absolute Gasteiger partial charge is 0.369 e. The lowest BCUT2D eigenvalue weighted by Crippen LogP contribution is -2.48. The van der Waals surface area contributed by atoms with Gasteiger partial charge in [0.05, 0.1) is 17.9 Å². The molecule has 0 bridgehead atoms. The van der Waals surface area contributed by atoms with Crippen molar-refractivity contribution in [1.82, 2.24) is 10.2 Å². The summed E-state index contributed by atoms with van der Waals surface area (Å²) in [5.74, 6) is -0.663. The van der Waals surface area contributed by atoms with E-state index in [1.807, 2.05) is 0 Å². The van der Waals surface area contributed by atoms with Crippen molar-refractivity contribution in [3.8, 4) is 0 Å². The highest BCUT2D eigenvalue weighted by molar-refractivity contribution is 6.05. The molecule has 6 nitrogen and oxygen atoms in total. The molecule has 2 fully saturated rings. The third-order valence-electron chi connectivity index (χ3n) is 4.58. The molecule has 118 valence electrons. The number of amides is 3. The number of hydrogen-bond donors (Lipinski definition) is 2. The first-order valence-electron chi connectivity index (χ1n) is 7.72. The summed E-state index contributed by atoms with van der Waals surface area (Å²) in [4.78, 5) is 37.3. The van der Waals surface area contributed by atoms with Gasteiger partial charge < -0.3 is 11.1 Å². The average Bonchev–Trinajstić information content (AvgIpc) is 2.72. The second-order valence-electron chi connectivity index (χ2n) is 6.78. The Bertz CT molecular complexity index is 441. The first-order valence-corrected chi connectivity index (χ1v) is 7.72. The molecule has 6 heteroatoms. The number of nitrogens with zero attached hydrogens (tertiary/aromatic N) is 1. The number of carbonyl (C=O) groups excluding carboxylic acids is 3. The molecule has 21 heavy (non-hydrogen) atoms. The SMILES string of the molecule is CC(C)(CNC1CC(=O)N(C2CCCCC2)C1=O)C(N)=O. The van der Waals surface area contributed by atoms with Crippen molar-refractivity contribution in [2.24, 2.45) is 11.1 Å². The topological polar surface area (TPSA) is 92.5 Å². The quantitative estimate of drug-likeness (QED) is 0.724. The van der Waals surface area contributed by atoms with Gasteiger partial charge in [-0.2, -0.15) is 0 Å². The first-order chi connectivity index (χ1) is 9.83. The standard InChI is InChI=1S/C15H25N3O3/c1-15(2,14(16)21)9-17-11-8-12(19)18(13(11)20)10-6-4-3-5-7-10/h10-11,17H,3-9H2,1-2H3,(H2,16,21). The fourth-order valence-corrected chi connectivity index (χ4v) is 3.00. The number of likely N-dealkylation sites (tertiary alicyclic amines) is 1. The summed E-state index contributed by atoms with van der Waals surface area (Å²) >= 11 is 0. The molecule has 2 rings (SSSR count). The molecule has 3 amide bonds. The van der Waals surface area contributed by atoms with Crippen LogP contribution >= 0.6 is 0 Å². The lowest BCUT2D eigenvalue weighted by atomic mass is 9.92. The van der Waals surface area contributed by atoms with Crippen molar-refractivity contribution < 1.29 is 14.4 Å². The maximum absolute atomic E-state index is 12.4. The Kier molecular flexibility index (Phi) is 4.66. The van der Waals surface area contributed by atoms with E-state index in [9.17, 15) is 14.4 Å². The molecule has 1 aliphatic carbocycles. The van der Waals surface area contributed by atoms with E-state index in [4.69, 9.17) is 5.73 Å². The van der Waals surface area contributed by atoms with Crippen LogP contribution in [0.5, 0.6) is 0 Å². The predicted octanol–water partition coefficient (Wildman–Crippen LogP) is 0.548.